The number of rotatable bonds is 5. The van der Waals surface area contributed by atoms with Crippen LogP contribution in [0.15, 0.2) is 16.3 Å². The molecular weight excluding hydrogens is 302 g/mol. The summed E-state index contributed by atoms with van der Waals surface area (Å²) in [6, 6.07) is 2.60. The summed E-state index contributed by atoms with van der Waals surface area (Å²) in [7, 11) is -3.64. The first kappa shape index (κ1) is 15.4. The van der Waals surface area contributed by atoms with Crippen molar-refractivity contribution in [3.8, 4) is 0 Å². The molecule has 0 spiro atoms. The van der Waals surface area contributed by atoms with Gasteiger partial charge in [0, 0.05) is 6.54 Å². The van der Waals surface area contributed by atoms with Gasteiger partial charge in [-0.15, -0.1) is 11.3 Å². The van der Waals surface area contributed by atoms with Gasteiger partial charge in [-0.1, -0.05) is 0 Å². The predicted molar refractivity (Wildman–Crippen MR) is 74.4 cm³/mol. The Balaban J connectivity index is 1.95. The number of aliphatic hydroxyl groups is 1. The molecule has 1 aromatic heterocycles. The molecule has 1 aromatic rings. The summed E-state index contributed by atoms with van der Waals surface area (Å²) >= 11 is 0.745. The molecule has 0 aliphatic heterocycles. The maximum absolute atomic E-state index is 12.0. The molecule has 0 aromatic carbocycles. The first-order valence-corrected chi connectivity index (χ1v) is 8.69. The molecule has 2 rings (SSSR count). The molecule has 1 heterocycles. The number of carboxylic acid groups (broad SMARTS) is 1. The lowest BCUT2D eigenvalue weighted by atomic mass is 9.88. The first-order chi connectivity index (χ1) is 9.38. The average Bonchev–Trinajstić information content (AvgIpc) is 2.89. The Bertz CT molecular complexity index is 572. The fraction of sp³-hybridized carbons (Fsp3) is 0.583. The molecule has 0 bridgehead atoms. The second-order valence-corrected chi connectivity index (χ2v) is 8.03. The van der Waals surface area contributed by atoms with Crippen molar-refractivity contribution in [1.82, 2.24) is 4.72 Å². The molecule has 1 fully saturated rings. The zero-order chi connectivity index (χ0) is 14.8. The number of carbonyl (C=O) groups is 1. The van der Waals surface area contributed by atoms with E-state index in [9.17, 15) is 18.3 Å². The van der Waals surface area contributed by atoms with E-state index in [1.54, 1.807) is 0 Å². The van der Waals surface area contributed by atoms with E-state index in [4.69, 9.17) is 5.11 Å². The molecule has 112 valence electrons. The molecule has 20 heavy (non-hydrogen) atoms. The summed E-state index contributed by atoms with van der Waals surface area (Å²) in [6.07, 6.45) is 2.74. The fourth-order valence-corrected chi connectivity index (χ4v) is 4.53. The van der Waals surface area contributed by atoms with Crippen LogP contribution in [-0.2, 0) is 10.0 Å². The molecule has 1 aliphatic rings. The quantitative estimate of drug-likeness (QED) is 0.758. The normalized spacial score (nSPS) is 23.6. The molecule has 0 amide bonds. The predicted octanol–water partition coefficient (Wildman–Crippen LogP) is 1.28. The highest BCUT2D eigenvalue weighted by atomic mass is 32.2. The molecule has 1 saturated carbocycles. The lowest BCUT2D eigenvalue weighted by Gasteiger charge is -2.25. The molecule has 0 unspecified atom stereocenters. The van der Waals surface area contributed by atoms with Crippen molar-refractivity contribution in [3.63, 3.8) is 0 Å². The number of aromatic carboxylic acids is 1. The van der Waals surface area contributed by atoms with Gasteiger partial charge in [0.05, 0.1) is 6.10 Å². The second-order valence-electron chi connectivity index (χ2n) is 4.95. The van der Waals surface area contributed by atoms with Crippen LogP contribution in [0.2, 0.25) is 0 Å². The van der Waals surface area contributed by atoms with Gasteiger partial charge in [0.2, 0.25) is 10.0 Å². The summed E-state index contributed by atoms with van der Waals surface area (Å²) in [5.41, 5.74) is 0. The van der Waals surface area contributed by atoms with Gasteiger partial charge >= 0.3 is 5.97 Å². The lowest BCUT2D eigenvalue weighted by Crippen LogP contribution is -2.31. The third-order valence-corrected chi connectivity index (χ3v) is 6.42. The SMILES string of the molecule is O=C(O)c1ccc(S(=O)(=O)NCC2CCC(O)CC2)s1. The Kier molecular flexibility index (Phi) is 4.79. The maximum Gasteiger partial charge on any atom is 0.345 e. The molecule has 6 nitrogen and oxygen atoms in total. The maximum atomic E-state index is 12.0. The van der Waals surface area contributed by atoms with Gasteiger partial charge < -0.3 is 10.2 Å². The summed E-state index contributed by atoms with van der Waals surface area (Å²) < 4.78 is 26.6. The van der Waals surface area contributed by atoms with Gasteiger partial charge in [0.15, 0.2) is 0 Å². The third kappa shape index (κ3) is 3.78. The molecule has 8 heteroatoms. The van der Waals surface area contributed by atoms with Crippen LogP contribution in [0, 0.1) is 5.92 Å². The smallest absolute Gasteiger partial charge is 0.345 e. The van der Waals surface area contributed by atoms with E-state index in [0.717, 1.165) is 24.2 Å². The van der Waals surface area contributed by atoms with Crippen LogP contribution in [0.1, 0.15) is 35.4 Å². The van der Waals surface area contributed by atoms with Gasteiger partial charge in [0.25, 0.3) is 0 Å². The molecule has 1 aliphatic carbocycles. The van der Waals surface area contributed by atoms with E-state index in [2.05, 4.69) is 4.72 Å². The zero-order valence-corrected chi connectivity index (χ0v) is 12.4. The van der Waals surface area contributed by atoms with Crippen molar-refractivity contribution >= 4 is 27.3 Å². The highest BCUT2D eigenvalue weighted by molar-refractivity contribution is 7.91. The minimum Gasteiger partial charge on any atom is -0.477 e. The summed E-state index contributed by atoms with van der Waals surface area (Å²) in [6.45, 7) is 0.329. The standard InChI is InChI=1S/C12H17NO5S2/c14-9-3-1-8(2-4-9)7-13-20(17,18)11-6-5-10(19-11)12(15)16/h5-6,8-9,13-14H,1-4,7H2,(H,15,16). The number of thiophene rings is 1. The van der Waals surface area contributed by atoms with Crippen LogP contribution >= 0.6 is 11.3 Å². The Morgan fingerprint density at radius 3 is 2.50 bits per heavy atom. The third-order valence-electron chi connectivity index (χ3n) is 3.44. The van der Waals surface area contributed by atoms with Crippen LogP contribution < -0.4 is 4.72 Å². The van der Waals surface area contributed by atoms with E-state index in [-0.39, 0.29) is 21.1 Å². The van der Waals surface area contributed by atoms with Crippen LogP contribution in [0.5, 0.6) is 0 Å². The molecule has 3 N–H and O–H groups in total. The van der Waals surface area contributed by atoms with Crippen LogP contribution in [0.4, 0.5) is 0 Å². The summed E-state index contributed by atoms with van der Waals surface area (Å²) in [4.78, 5) is 10.8. The monoisotopic (exact) mass is 319 g/mol. The Morgan fingerprint density at radius 1 is 1.30 bits per heavy atom. The van der Waals surface area contributed by atoms with Gasteiger partial charge in [-0.2, -0.15) is 0 Å². The number of nitrogens with one attached hydrogen (secondary N) is 1. The lowest BCUT2D eigenvalue weighted by molar-refractivity contribution is 0.0702. The van der Waals surface area contributed by atoms with Crippen LogP contribution in [-0.4, -0.2) is 37.2 Å². The molecule has 0 atom stereocenters. The minimum absolute atomic E-state index is 0.00571. The van der Waals surface area contributed by atoms with Crippen molar-refractivity contribution in [2.75, 3.05) is 6.54 Å². The van der Waals surface area contributed by atoms with E-state index in [1.165, 1.54) is 12.1 Å². The van der Waals surface area contributed by atoms with Crippen molar-refractivity contribution in [2.45, 2.75) is 36.0 Å². The number of sulfonamides is 1. The Hall–Kier alpha value is -0.960. The summed E-state index contributed by atoms with van der Waals surface area (Å²) in [5, 5.41) is 18.2. The Morgan fingerprint density at radius 2 is 1.95 bits per heavy atom. The number of hydrogen-bond donors (Lipinski definition) is 3. The Labute approximate surface area is 121 Å². The van der Waals surface area contributed by atoms with Crippen molar-refractivity contribution in [2.24, 2.45) is 5.92 Å². The molecule has 0 saturated heterocycles. The van der Waals surface area contributed by atoms with Crippen LogP contribution in [0.3, 0.4) is 0 Å². The number of aliphatic hydroxyl groups excluding tert-OH is 1. The van der Waals surface area contributed by atoms with Gasteiger partial charge in [-0.25, -0.2) is 17.9 Å². The van der Waals surface area contributed by atoms with E-state index in [0.29, 0.717) is 19.4 Å². The van der Waals surface area contributed by atoms with Crippen molar-refractivity contribution in [1.29, 1.82) is 0 Å². The van der Waals surface area contributed by atoms with Crippen LogP contribution in [0.25, 0.3) is 0 Å². The molecule has 0 radical (unpaired) electrons. The second kappa shape index (κ2) is 6.21. The van der Waals surface area contributed by atoms with Gasteiger partial charge in [-0.3, -0.25) is 0 Å². The zero-order valence-electron chi connectivity index (χ0n) is 10.8. The van der Waals surface area contributed by atoms with E-state index >= 15 is 0 Å². The fourth-order valence-electron chi connectivity index (χ4n) is 2.23. The minimum atomic E-state index is -3.64. The summed E-state index contributed by atoms with van der Waals surface area (Å²) in [5.74, 6) is -0.898. The van der Waals surface area contributed by atoms with Gasteiger partial charge in [-0.05, 0) is 43.7 Å². The topological polar surface area (TPSA) is 104 Å². The van der Waals surface area contributed by atoms with E-state index < -0.39 is 16.0 Å². The largest absolute Gasteiger partial charge is 0.477 e. The number of carboxylic acids is 1. The highest BCUT2D eigenvalue weighted by Gasteiger charge is 2.23. The average molecular weight is 319 g/mol. The van der Waals surface area contributed by atoms with Gasteiger partial charge in [0.1, 0.15) is 9.09 Å². The number of hydrogen-bond acceptors (Lipinski definition) is 5. The first-order valence-electron chi connectivity index (χ1n) is 6.39. The van der Waals surface area contributed by atoms with Crippen molar-refractivity contribution < 1.29 is 23.4 Å². The van der Waals surface area contributed by atoms with Crippen molar-refractivity contribution in [3.05, 3.63) is 17.0 Å². The highest BCUT2D eigenvalue weighted by Crippen LogP contribution is 2.25. The molecular formula is C12H17NO5S2. The van der Waals surface area contributed by atoms with E-state index in [1.807, 2.05) is 0 Å².